The predicted octanol–water partition coefficient (Wildman–Crippen LogP) is 0.513. The topological polar surface area (TPSA) is 106 Å². The number of carbonyl (C=O) groups excluding carboxylic acids is 1. The highest BCUT2D eigenvalue weighted by molar-refractivity contribution is 6.00. The molecule has 0 aromatic heterocycles. The van der Waals surface area contributed by atoms with Crippen LogP contribution in [0.5, 0.6) is 11.5 Å². The lowest BCUT2D eigenvalue weighted by atomic mass is 9.96. The van der Waals surface area contributed by atoms with Gasteiger partial charge in [-0.3, -0.25) is 10.1 Å². The Morgan fingerprint density at radius 3 is 2.57 bits per heavy atom. The van der Waals surface area contributed by atoms with Crippen molar-refractivity contribution in [1.82, 2.24) is 10.6 Å². The fourth-order valence-corrected chi connectivity index (χ4v) is 2.25. The van der Waals surface area contributed by atoms with Crippen molar-refractivity contribution in [1.29, 1.82) is 0 Å². The maximum absolute atomic E-state index is 12.4. The van der Waals surface area contributed by atoms with Crippen LogP contribution in [0.4, 0.5) is 4.79 Å². The Kier molecular flexibility index (Phi) is 5.41. The minimum Gasteiger partial charge on any atom is -0.497 e. The van der Waals surface area contributed by atoms with Gasteiger partial charge in [-0.1, -0.05) is 0 Å². The van der Waals surface area contributed by atoms with Crippen LogP contribution in [0.15, 0.2) is 18.2 Å². The third kappa shape index (κ3) is 4.11. The van der Waals surface area contributed by atoms with Crippen LogP contribution in [0.1, 0.15) is 10.4 Å². The second kappa shape index (κ2) is 7.30. The molecule has 0 atom stereocenters. The van der Waals surface area contributed by atoms with Crippen molar-refractivity contribution in [2.75, 3.05) is 40.5 Å². The van der Waals surface area contributed by atoms with Gasteiger partial charge in [0.15, 0.2) is 5.78 Å². The number of Topliss-reactive ketones (excluding diaryl/α,β-unsaturated/α-hetero) is 1. The average molecular weight is 324 g/mol. The van der Waals surface area contributed by atoms with E-state index in [0.29, 0.717) is 30.3 Å². The number of benzene rings is 1. The molecule has 1 aromatic rings. The molecule has 0 bridgehead atoms. The summed E-state index contributed by atoms with van der Waals surface area (Å²) >= 11 is 0. The maximum Gasteiger partial charge on any atom is 0.404 e. The van der Waals surface area contributed by atoms with E-state index in [9.17, 15) is 9.59 Å². The normalized spacial score (nSPS) is 15.4. The first-order valence-corrected chi connectivity index (χ1v) is 7.04. The first kappa shape index (κ1) is 17.0. The molecular weight excluding hydrogens is 304 g/mol. The highest BCUT2D eigenvalue weighted by Crippen LogP contribution is 2.24. The number of hydrogen-bond donors (Lipinski definition) is 3. The van der Waals surface area contributed by atoms with Crippen LogP contribution in [0.25, 0.3) is 0 Å². The molecule has 1 amide bonds. The van der Waals surface area contributed by atoms with Gasteiger partial charge in [-0.2, -0.15) is 0 Å². The molecule has 1 fully saturated rings. The number of methoxy groups -OCH3 is 2. The SMILES string of the molecule is COc1ccc(OC)c(C(=O)CNC2(CNC(=O)O)COC2)c1. The molecule has 0 unspecified atom stereocenters. The Balaban J connectivity index is 2.02. The Bertz CT molecular complexity index is 585. The van der Waals surface area contributed by atoms with E-state index in [1.165, 1.54) is 14.2 Å². The highest BCUT2D eigenvalue weighted by atomic mass is 16.5. The molecular formula is C15H20N2O6. The van der Waals surface area contributed by atoms with E-state index in [-0.39, 0.29) is 18.9 Å². The van der Waals surface area contributed by atoms with E-state index in [4.69, 9.17) is 19.3 Å². The third-order valence-corrected chi connectivity index (χ3v) is 3.67. The Hall–Kier alpha value is -2.32. The second-order valence-corrected chi connectivity index (χ2v) is 5.27. The molecule has 8 heteroatoms. The van der Waals surface area contributed by atoms with Crippen LogP contribution in [-0.4, -0.2) is 63.0 Å². The lowest BCUT2D eigenvalue weighted by Crippen LogP contribution is -2.66. The van der Waals surface area contributed by atoms with Gasteiger partial charge in [-0.15, -0.1) is 0 Å². The first-order valence-electron chi connectivity index (χ1n) is 7.04. The van der Waals surface area contributed by atoms with E-state index in [1.54, 1.807) is 18.2 Å². The Morgan fingerprint density at radius 1 is 1.30 bits per heavy atom. The van der Waals surface area contributed by atoms with E-state index in [0.717, 1.165) is 0 Å². The lowest BCUT2D eigenvalue weighted by molar-refractivity contribution is -0.0706. The van der Waals surface area contributed by atoms with Crippen molar-refractivity contribution < 1.29 is 28.9 Å². The molecule has 1 aliphatic heterocycles. The minimum absolute atomic E-state index is 0.0359. The summed E-state index contributed by atoms with van der Waals surface area (Å²) in [6, 6.07) is 4.99. The zero-order valence-corrected chi connectivity index (χ0v) is 13.0. The quantitative estimate of drug-likeness (QED) is 0.598. The van der Waals surface area contributed by atoms with Gasteiger partial charge in [0.05, 0.1) is 45.1 Å². The van der Waals surface area contributed by atoms with Crippen LogP contribution >= 0.6 is 0 Å². The van der Waals surface area contributed by atoms with E-state index in [2.05, 4.69) is 10.6 Å². The van der Waals surface area contributed by atoms with Gasteiger partial charge >= 0.3 is 6.09 Å². The molecule has 0 aliphatic carbocycles. The number of amides is 1. The summed E-state index contributed by atoms with van der Waals surface area (Å²) in [4.78, 5) is 23.1. The van der Waals surface area contributed by atoms with E-state index < -0.39 is 11.6 Å². The van der Waals surface area contributed by atoms with E-state index >= 15 is 0 Å². The summed E-state index contributed by atoms with van der Waals surface area (Å²) in [5.74, 6) is 0.839. The minimum atomic E-state index is -1.11. The van der Waals surface area contributed by atoms with E-state index in [1.807, 2.05) is 0 Å². The molecule has 0 radical (unpaired) electrons. The van der Waals surface area contributed by atoms with Gasteiger partial charge < -0.3 is 24.6 Å². The van der Waals surface area contributed by atoms with Crippen LogP contribution < -0.4 is 20.1 Å². The molecule has 3 N–H and O–H groups in total. The number of nitrogens with one attached hydrogen (secondary N) is 2. The standard InChI is InChI=1S/C15H20N2O6/c1-21-10-3-4-13(22-2)11(5-10)12(18)6-17-15(8-23-9-15)7-16-14(19)20/h3-5,16-17H,6-9H2,1-2H3,(H,19,20). The largest absolute Gasteiger partial charge is 0.497 e. The summed E-state index contributed by atoms with van der Waals surface area (Å²) < 4.78 is 15.5. The molecule has 23 heavy (non-hydrogen) atoms. The van der Waals surface area contributed by atoms with Gasteiger partial charge in [0.2, 0.25) is 0 Å². The number of ketones is 1. The summed E-state index contributed by atoms with van der Waals surface area (Å²) in [5.41, 5.74) is -0.152. The summed E-state index contributed by atoms with van der Waals surface area (Å²) in [5, 5.41) is 14.1. The summed E-state index contributed by atoms with van der Waals surface area (Å²) in [6.45, 7) is 0.894. The molecule has 126 valence electrons. The Labute approximate surface area is 133 Å². The summed E-state index contributed by atoms with van der Waals surface area (Å²) in [7, 11) is 3.01. The zero-order valence-electron chi connectivity index (χ0n) is 13.0. The zero-order chi connectivity index (χ0) is 16.9. The molecule has 2 rings (SSSR count). The molecule has 0 spiro atoms. The fraction of sp³-hybridized carbons (Fsp3) is 0.467. The van der Waals surface area contributed by atoms with Crippen molar-refractivity contribution in [2.45, 2.75) is 5.54 Å². The number of ether oxygens (including phenoxy) is 3. The van der Waals surface area contributed by atoms with Gasteiger partial charge in [-0.05, 0) is 18.2 Å². The average Bonchev–Trinajstić information content (AvgIpc) is 2.52. The van der Waals surface area contributed by atoms with Crippen LogP contribution in [0, 0.1) is 0 Å². The van der Waals surface area contributed by atoms with Crippen LogP contribution in [0.3, 0.4) is 0 Å². The highest BCUT2D eigenvalue weighted by Gasteiger charge is 2.39. The second-order valence-electron chi connectivity index (χ2n) is 5.27. The van der Waals surface area contributed by atoms with Gasteiger partial charge in [0.1, 0.15) is 11.5 Å². The molecule has 1 heterocycles. The molecule has 0 saturated carbocycles. The van der Waals surface area contributed by atoms with Gasteiger partial charge in [0, 0.05) is 6.54 Å². The fourth-order valence-electron chi connectivity index (χ4n) is 2.25. The molecule has 1 aromatic carbocycles. The Morgan fingerprint density at radius 2 is 2.04 bits per heavy atom. The first-order chi connectivity index (χ1) is 11.0. The number of carbonyl (C=O) groups is 2. The number of rotatable bonds is 8. The molecule has 1 aliphatic rings. The molecule has 8 nitrogen and oxygen atoms in total. The van der Waals surface area contributed by atoms with Crippen LogP contribution in [-0.2, 0) is 4.74 Å². The lowest BCUT2D eigenvalue weighted by Gasteiger charge is -2.41. The molecule has 1 saturated heterocycles. The van der Waals surface area contributed by atoms with Crippen molar-refractivity contribution in [2.24, 2.45) is 0 Å². The number of carboxylic acid groups (broad SMARTS) is 1. The monoisotopic (exact) mass is 324 g/mol. The van der Waals surface area contributed by atoms with Crippen molar-refractivity contribution in [3.63, 3.8) is 0 Å². The van der Waals surface area contributed by atoms with Gasteiger partial charge in [0.25, 0.3) is 0 Å². The summed E-state index contributed by atoms with van der Waals surface area (Å²) in [6.07, 6.45) is -1.11. The van der Waals surface area contributed by atoms with Crippen molar-refractivity contribution >= 4 is 11.9 Å². The number of hydrogen-bond acceptors (Lipinski definition) is 6. The van der Waals surface area contributed by atoms with Crippen molar-refractivity contribution in [3.05, 3.63) is 23.8 Å². The predicted molar refractivity (Wildman–Crippen MR) is 81.5 cm³/mol. The van der Waals surface area contributed by atoms with Crippen LogP contribution in [0.2, 0.25) is 0 Å². The van der Waals surface area contributed by atoms with Crippen molar-refractivity contribution in [3.8, 4) is 11.5 Å². The maximum atomic E-state index is 12.4. The third-order valence-electron chi connectivity index (χ3n) is 3.67. The van der Waals surface area contributed by atoms with Gasteiger partial charge in [-0.25, -0.2) is 4.79 Å². The smallest absolute Gasteiger partial charge is 0.404 e.